The lowest BCUT2D eigenvalue weighted by Crippen LogP contribution is -2.49. The number of rotatable bonds is 7. The summed E-state index contributed by atoms with van der Waals surface area (Å²) in [5, 5.41) is 28.3. The van der Waals surface area contributed by atoms with Crippen LogP contribution in [0.25, 0.3) is 0 Å². The van der Waals surface area contributed by atoms with E-state index in [2.05, 4.69) is 54.9 Å². The van der Waals surface area contributed by atoms with Gasteiger partial charge in [-0.25, -0.2) is 0 Å². The van der Waals surface area contributed by atoms with Crippen molar-refractivity contribution >= 4 is 23.8 Å². The molecule has 0 spiro atoms. The van der Waals surface area contributed by atoms with Gasteiger partial charge in [0.25, 0.3) is 0 Å². The molecule has 2 aromatic carbocycles. The van der Waals surface area contributed by atoms with Crippen molar-refractivity contribution in [1.82, 2.24) is 10.6 Å². The number of phenolic OH excluding ortho intramolecular Hbond substituents is 1. The lowest BCUT2D eigenvalue weighted by molar-refractivity contribution is -0.136. The maximum atomic E-state index is 12.7. The first kappa shape index (κ1) is 36.1. The fourth-order valence-corrected chi connectivity index (χ4v) is 10.0. The molecule has 0 aliphatic heterocycles. The Balaban J connectivity index is 0.000000204. The number of carbonyl (C=O) groups excluding carboxylic acids is 3. The highest BCUT2D eigenvalue weighted by Crippen LogP contribution is 2.57. The molecule has 2 saturated carbocycles. The molecule has 4 aliphatic rings. The van der Waals surface area contributed by atoms with Crippen molar-refractivity contribution in [3.63, 3.8) is 0 Å². The average molecular weight is 660 g/mol. The Labute approximate surface area is 286 Å². The summed E-state index contributed by atoms with van der Waals surface area (Å²) in [5.41, 5.74) is 5.48. The number of hydrogen-bond donors (Lipinski definition) is 5. The second-order valence-corrected chi connectivity index (χ2v) is 15.9. The predicted octanol–water partition coefficient (Wildman–Crippen LogP) is 6.17. The summed E-state index contributed by atoms with van der Waals surface area (Å²) in [5.74, 6) is 1.33. The number of fused-ring (bicyclic) bond motifs is 6. The summed E-state index contributed by atoms with van der Waals surface area (Å²) in [6.45, 7) is 10.2. The van der Waals surface area contributed by atoms with Gasteiger partial charge in [-0.05, 0) is 121 Å². The largest absolute Gasteiger partial charge is 0.508 e. The van der Waals surface area contributed by atoms with E-state index < -0.39 is 6.04 Å². The van der Waals surface area contributed by atoms with Crippen LogP contribution >= 0.6 is 0 Å². The van der Waals surface area contributed by atoms with E-state index in [0.717, 1.165) is 69.9 Å². The Bertz CT molecular complexity index is 1510. The fraction of sp³-hybridized carbons (Fsp3) is 0.625. The van der Waals surface area contributed by atoms with Crippen molar-refractivity contribution in [2.75, 3.05) is 19.0 Å². The molecular formula is C40H57N3O5. The Kier molecular flexibility index (Phi) is 10.8. The summed E-state index contributed by atoms with van der Waals surface area (Å²) in [6.07, 6.45) is 11.6. The first-order chi connectivity index (χ1) is 22.8. The van der Waals surface area contributed by atoms with E-state index in [1.54, 1.807) is 13.1 Å². The molecular weight excluding hydrogens is 602 g/mol. The average Bonchev–Trinajstić information content (AvgIpc) is 3.07. The van der Waals surface area contributed by atoms with Gasteiger partial charge in [0.1, 0.15) is 18.1 Å². The number of aldehydes is 1. The van der Waals surface area contributed by atoms with Crippen molar-refractivity contribution in [2.24, 2.45) is 22.7 Å². The molecule has 5 N–H and O–H groups in total. The van der Waals surface area contributed by atoms with Gasteiger partial charge in [0.2, 0.25) is 11.8 Å². The Morgan fingerprint density at radius 3 is 2.38 bits per heavy atom. The van der Waals surface area contributed by atoms with Crippen LogP contribution in [0.2, 0.25) is 0 Å². The zero-order valence-corrected chi connectivity index (χ0v) is 29.8. The highest BCUT2D eigenvalue weighted by atomic mass is 16.3. The van der Waals surface area contributed by atoms with E-state index in [1.165, 1.54) is 28.5 Å². The highest BCUT2D eigenvalue weighted by molar-refractivity contribution is 5.95. The molecule has 262 valence electrons. The topological polar surface area (TPSA) is 128 Å². The van der Waals surface area contributed by atoms with Gasteiger partial charge in [-0.3, -0.25) is 9.59 Å². The van der Waals surface area contributed by atoms with E-state index in [4.69, 9.17) is 0 Å². The normalized spacial score (nSPS) is 31.0. The zero-order chi connectivity index (χ0) is 34.9. The van der Waals surface area contributed by atoms with Gasteiger partial charge < -0.3 is 31.0 Å². The molecule has 0 aromatic heterocycles. The van der Waals surface area contributed by atoms with Gasteiger partial charge in [0, 0.05) is 29.6 Å². The number of carbonyl (C=O) groups is 3. The van der Waals surface area contributed by atoms with Crippen LogP contribution in [0.4, 0.5) is 5.69 Å². The number of aryl methyl sites for hydroxylation is 2. The van der Waals surface area contributed by atoms with Crippen molar-refractivity contribution in [2.45, 2.75) is 122 Å². The number of amides is 2. The molecule has 0 heterocycles. The predicted molar refractivity (Wildman–Crippen MR) is 190 cm³/mol. The third kappa shape index (κ3) is 6.80. The van der Waals surface area contributed by atoms with Crippen LogP contribution in [0.15, 0.2) is 36.4 Å². The van der Waals surface area contributed by atoms with E-state index in [0.29, 0.717) is 23.5 Å². The van der Waals surface area contributed by atoms with Crippen LogP contribution in [-0.2, 0) is 32.6 Å². The lowest BCUT2D eigenvalue weighted by atomic mass is 9.50. The first-order valence-electron chi connectivity index (χ1n) is 18.1. The number of hydrogen-bond acceptors (Lipinski definition) is 6. The Hall–Kier alpha value is -3.23. The van der Waals surface area contributed by atoms with Crippen LogP contribution in [0.5, 0.6) is 5.75 Å². The SMILES string of the molecule is CC12CCC[C@](C)(C=O)C1CCc1ccc(O)cc12.CNC(=O)C1(C)CCCC2c3cc(NC(=O)C(CO)NC(C)C)ccc3CCC21. The second kappa shape index (κ2) is 14.3. The quantitative estimate of drug-likeness (QED) is 0.227. The summed E-state index contributed by atoms with van der Waals surface area (Å²) < 4.78 is 0. The van der Waals surface area contributed by atoms with Gasteiger partial charge in [-0.15, -0.1) is 0 Å². The van der Waals surface area contributed by atoms with E-state index >= 15 is 0 Å². The standard InChI is InChI=1S/C23H35N3O3.C17H22O2/c1-14(2)25-20(13-27)21(28)26-16-9-7-15-8-10-19-17(18(15)12-16)6-5-11-23(19,3)22(29)24-4;1-16(11-18)8-3-9-17(2)14-10-13(19)6-4-12(14)5-7-15(16)17/h7,9,12,14,17,19-20,25,27H,5-6,8,10-11,13H2,1-4H3,(H,24,29)(H,26,28);4,6,10-11,15,19H,3,5,7-9H2,1-2H3/t;15?,16-,17?/m.1/s1. The summed E-state index contributed by atoms with van der Waals surface area (Å²) in [4.78, 5) is 36.8. The number of aromatic hydroxyl groups is 1. The van der Waals surface area contributed by atoms with E-state index in [9.17, 15) is 24.6 Å². The molecule has 4 aliphatic carbocycles. The van der Waals surface area contributed by atoms with E-state index in [1.807, 2.05) is 26.0 Å². The van der Waals surface area contributed by atoms with Crippen molar-refractivity contribution in [1.29, 1.82) is 0 Å². The molecule has 0 radical (unpaired) electrons. The Morgan fingerprint density at radius 2 is 1.69 bits per heavy atom. The van der Waals surface area contributed by atoms with Crippen LogP contribution < -0.4 is 16.0 Å². The second-order valence-electron chi connectivity index (χ2n) is 15.9. The van der Waals surface area contributed by atoms with Crippen LogP contribution in [-0.4, -0.2) is 54.1 Å². The minimum Gasteiger partial charge on any atom is -0.508 e. The monoisotopic (exact) mass is 659 g/mol. The first-order valence-corrected chi connectivity index (χ1v) is 18.1. The van der Waals surface area contributed by atoms with Crippen molar-refractivity contribution < 1.29 is 24.6 Å². The molecule has 2 fully saturated rings. The molecule has 2 aromatic rings. The fourth-order valence-electron chi connectivity index (χ4n) is 10.0. The van der Waals surface area contributed by atoms with Crippen LogP contribution in [0, 0.1) is 22.7 Å². The number of aliphatic hydroxyl groups is 1. The number of phenols is 1. The van der Waals surface area contributed by atoms with E-state index in [-0.39, 0.29) is 40.7 Å². The van der Waals surface area contributed by atoms with Gasteiger partial charge >= 0.3 is 0 Å². The third-order valence-corrected chi connectivity index (χ3v) is 12.5. The molecule has 6 rings (SSSR count). The van der Waals surface area contributed by atoms with Gasteiger partial charge in [-0.1, -0.05) is 59.6 Å². The lowest BCUT2D eigenvalue weighted by Gasteiger charge is -2.53. The zero-order valence-electron chi connectivity index (χ0n) is 29.8. The summed E-state index contributed by atoms with van der Waals surface area (Å²) >= 11 is 0. The van der Waals surface area contributed by atoms with Crippen molar-refractivity contribution in [3.8, 4) is 5.75 Å². The molecule has 48 heavy (non-hydrogen) atoms. The van der Waals surface area contributed by atoms with Crippen molar-refractivity contribution in [3.05, 3.63) is 58.7 Å². The molecule has 2 amide bonds. The minimum absolute atomic E-state index is 0.0419. The number of aliphatic hydroxyl groups excluding tert-OH is 1. The molecule has 7 atom stereocenters. The van der Waals surface area contributed by atoms with Gasteiger partial charge in [0.05, 0.1) is 6.61 Å². The third-order valence-electron chi connectivity index (χ3n) is 12.5. The molecule has 8 nitrogen and oxygen atoms in total. The summed E-state index contributed by atoms with van der Waals surface area (Å²) in [6, 6.07) is 11.4. The van der Waals surface area contributed by atoms with Crippen LogP contribution in [0.1, 0.15) is 114 Å². The smallest absolute Gasteiger partial charge is 0.243 e. The van der Waals surface area contributed by atoms with Crippen LogP contribution in [0.3, 0.4) is 0 Å². The number of anilines is 1. The highest BCUT2D eigenvalue weighted by Gasteiger charge is 2.52. The molecule has 0 saturated heterocycles. The van der Waals surface area contributed by atoms with Gasteiger partial charge in [-0.2, -0.15) is 0 Å². The Morgan fingerprint density at radius 1 is 0.958 bits per heavy atom. The van der Waals surface area contributed by atoms with Gasteiger partial charge in [0.15, 0.2) is 0 Å². The molecule has 6 unspecified atom stereocenters. The molecule has 8 heteroatoms. The minimum atomic E-state index is -0.634. The maximum absolute atomic E-state index is 12.7. The summed E-state index contributed by atoms with van der Waals surface area (Å²) in [7, 11) is 1.73. The number of benzene rings is 2. The molecule has 0 bridgehead atoms. The number of nitrogens with one attached hydrogen (secondary N) is 3. The maximum Gasteiger partial charge on any atom is 0.243 e.